The molecule has 0 fully saturated rings. The highest BCUT2D eigenvalue weighted by atomic mass is 16.4. The molecular weight excluding hydrogens is 368 g/mol. The maximum Gasteiger partial charge on any atom is 0.303 e. The molecule has 0 spiro atoms. The van der Waals surface area contributed by atoms with Gasteiger partial charge >= 0.3 is 5.97 Å². The van der Waals surface area contributed by atoms with E-state index >= 15 is 0 Å². The number of aliphatic carboxylic acids is 1. The summed E-state index contributed by atoms with van der Waals surface area (Å²) in [5, 5.41) is 8.59. The molecule has 0 aromatic carbocycles. The predicted octanol–water partition coefficient (Wildman–Crippen LogP) is 9.79. The maximum absolute atomic E-state index is 10.4. The Morgan fingerprint density at radius 1 is 0.500 bits per heavy atom. The summed E-state index contributed by atoms with van der Waals surface area (Å²) in [5.41, 5.74) is 0. The molecule has 30 heavy (non-hydrogen) atoms. The number of carboxylic acids is 1. The summed E-state index contributed by atoms with van der Waals surface area (Å²) in [5.74, 6) is -0.661. The van der Waals surface area contributed by atoms with Crippen molar-refractivity contribution in [3.63, 3.8) is 0 Å². The Morgan fingerprint density at radius 3 is 1.13 bits per heavy atom. The van der Waals surface area contributed by atoms with Gasteiger partial charge in [-0.05, 0) is 57.8 Å². The van der Waals surface area contributed by atoms with Crippen LogP contribution in [0.5, 0.6) is 0 Å². The van der Waals surface area contributed by atoms with Gasteiger partial charge in [0, 0.05) is 6.42 Å². The van der Waals surface area contributed by atoms with E-state index < -0.39 is 5.97 Å². The normalized spacial score (nSPS) is 11.8. The third-order valence-electron chi connectivity index (χ3n) is 5.81. The van der Waals surface area contributed by atoms with Crippen molar-refractivity contribution < 1.29 is 9.90 Å². The van der Waals surface area contributed by atoms with Crippen LogP contribution in [0.25, 0.3) is 0 Å². The van der Waals surface area contributed by atoms with Crippen LogP contribution in [0.4, 0.5) is 0 Å². The minimum Gasteiger partial charge on any atom is -0.481 e. The third-order valence-corrected chi connectivity index (χ3v) is 5.81. The lowest BCUT2D eigenvalue weighted by molar-refractivity contribution is -0.137. The van der Waals surface area contributed by atoms with Crippen molar-refractivity contribution in [2.24, 2.45) is 0 Å². The molecular formula is C28H52O2. The van der Waals surface area contributed by atoms with Crippen LogP contribution in [0.1, 0.15) is 148 Å². The molecule has 176 valence electrons. The van der Waals surface area contributed by atoms with Gasteiger partial charge in [-0.2, -0.15) is 0 Å². The first-order chi connectivity index (χ1) is 14.8. The van der Waals surface area contributed by atoms with Crippen molar-refractivity contribution in [3.8, 4) is 0 Å². The Labute approximate surface area is 188 Å². The van der Waals surface area contributed by atoms with E-state index in [1.165, 1.54) is 122 Å². The van der Waals surface area contributed by atoms with E-state index in [2.05, 4.69) is 31.2 Å². The van der Waals surface area contributed by atoms with Crippen LogP contribution in [-0.4, -0.2) is 11.1 Å². The highest BCUT2D eigenvalue weighted by Gasteiger charge is 1.96. The van der Waals surface area contributed by atoms with Crippen molar-refractivity contribution >= 4 is 5.97 Å². The first-order valence-corrected chi connectivity index (χ1v) is 13.3. The quantitative estimate of drug-likeness (QED) is 0.125. The molecule has 0 unspecified atom stereocenters. The lowest BCUT2D eigenvalue weighted by atomic mass is 10.1. The van der Waals surface area contributed by atoms with Gasteiger partial charge in [-0.15, -0.1) is 0 Å². The van der Waals surface area contributed by atoms with Crippen molar-refractivity contribution in [1.29, 1.82) is 0 Å². The van der Waals surface area contributed by atoms with Gasteiger partial charge in [0.1, 0.15) is 0 Å². The van der Waals surface area contributed by atoms with Gasteiger partial charge in [-0.1, -0.05) is 108 Å². The molecule has 2 heteroatoms. The first kappa shape index (κ1) is 28.9. The Morgan fingerprint density at radius 2 is 0.800 bits per heavy atom. The summed E-state index contributed by atoms with van der Waals surface area (Å²) >= 11 is 0. The van der Waals surface area contributed by atoms with E-state index in [1.54, 1.807) is 0 Å². The summed E-state index contributed by atoms with van der Waals surface area (Å²) in [6.45, 7) is 2.28. The second-order valence-electron chi connectivity index (χ2n) is 8.90. The lowest BCUT2D eigenvalue weighted by Gasteiger charge is -2.00. The van der Waals surface area contributed by atoms with Gasteiger partial charge in [0.2, 0.25) is 0 Å². The van der Waals surface area contributed by atoms with Crippen LogP contribution >= 0.6 is 0 Å². The molecule has 0 atom stereocenters. The molecule has 0 aliphatic carbocycles. The minimum absolute atomic E-state index is 0.332. The standard InChI is InChI=1S/C28H52O2/c1-2-3-4-5-6-7-8-9-10-11-12-13-14-15-16-17-18-19-20-21-22-23-24-25-26-27-28(29)30/h9-10,18-19H,2-8,11-17,20-27H2,1H3,(H,29,30)/b10-9-,19-18-. The molecule has 0 aromatic heterocycles. The number of hydrogen-bond acceptors (Lipinski definition) is 1. The van der Waals surface area contributed by atoms with Gasteiger partial charge in [0.15, 0.2) is 0 Å². The zero-order valence-corrected chi connectivity index (χ0v) is 20.2. The van der Waals surface area contributed by atoms with Gasteiger partial charge in [-0.3, -0.25) is 4.79 Å². The van der Waals surface area contributed by atoms with E-state index in [1.807, 2.05) is 0 Å². The van der Waals surface area contributed by atoms with Crippen molar-refractivity contribution in [1.82, 2.24) is 0 Å². The van der Waals surface area contributed by atoms with Crippen LogP contribution in [0.15, 0.2) is 24.3 Å². The predicted molar refractivity (Wildman–Crippen MR) is 133 cm³/mol. The summed E-state index contributed by atoms with van der Waals surface area (Å²) in [4.78, 5) is 10.4. The van der Waals surface area contributed by atoms with E-state index in [0.717, 1.165) is 12.8 Å². The molecule has 1 N–H and O–H groups in total. The summed E-state index contributed by atoms with van der Waals surface area (Å²) in [6, 6.07) is 0. The number of allylic oxidation sites excluding steroid dienone is 4. The number of unbranched alkanes of at least 4 members (excludes halogenated alkanes) is 18. The zero-order valence-electron chi connectivity index (χ0n) is 20.2. The zero-order chi connectivity index (χ0) is 22.0. The lowest BCUT2D eigenvalue weighted by Crippen LogP contribution is -1.93. The van der Waals surface area contributed by atoms with Crippen LogP contribution in [0.3, 0.4) is 0 Å². The Hall–Kier alpha value is -1.05. The average Bonchev–Trinajstić information content (AvgIpc) is 2.73. The Bertz CT molecular complexity index is 397. The van der Waals surface area contributed by atoms with Gasteiger partial charge in [0.05, 0.1) is 0 Å². The smallest absolute Gasteiger partial charge is 0.303 e. The molecule has 0 aromatic rings. The largest absolute Gasteiger partial charge is 0.481 e. The number of rotatable bonds is 24. The van der Waals surface area contributed by atoms with Crippen LogP contribution < -0.4 is 0 Å². The summed E-state index contributed by atoms with van der Waals surface area (Å²) in [6.07, 6.45) is 37.0. The topological polar surface area (TPSA) is 37.3 Å². The molecule has 0 saturated heterocycles. The number of carboxylic acid groups (broad SMARTS) is 1. The minimum atomic E-state index is -0.661. The van der Waals surface area contributed by atoms with E-state index in [0.29, 0.717) is 6.42 Å². The molecule has 0 aliphatic rings. The monoisotopic (exact) mass is 420 g/mol. The van der Waals surface area contributed by atoms with Gasteiger partial charge in [0.25, 0.3) is 0 Å². The average molecular weight is 421 g/mol. The third kappa shape index (κ3) is 27.0. The van der Waals surface area contributed by atoms with Crippen LogP contribution in [-0.2, 0) is 4.79 Å². The maximum atomic E-state index is 10.4. The fourth-order valence-corrected chi connectivity index (χ4v) is 3.81. The highest BCUT2D eigenvalue weighted by Crippen LogP contribution is 2.11. The van der Waals surface area contributed by atoms with Crippen molar-refractivity contribution in [3.05, 3.63) is 24.3 Å². The van der Waals surface area contributed by atoms with Gasteiger partial charge in [-0.25, -0.2) is 0 Å². The molecule has 0 aliphatic heterocycles. The summed E-state index contributed by atoms with van der Waals surface area (Å²) in [7, 11) is 0. The van der Waals surface area contributed by atoms with Gasteiger partial charge < -0.3 is 5.11 Å². The fourth-order valence-electron chi connectivity index (χ4n) is 3.81. The molecule has 2 nitrogen and oxygen atoms in total. The number of carbonyl (C=O) groups is 1. The molecule has 0 bridgehead atoms. The molecule has 0 heterocycles. The molecule has 0 rings (SSSR count). The highest BCUT2D eigenvalue weighted by molar-refractivity contribution is 5.66. The molecule has 0 saturated carbocycles. The van der Waals surface area contributed by atoms with Crippen LogP contribution in [0.2, 0.25) is 0 Å². The van der Waals surface area contributed by atoms with E-state index in [4.69, 9.17) is 5.11 Å². The number of hydrogen-bond donors (Lipinski definition) is 1. The fraction of sp³-hybridized carbons (Fsp3) is 0.821. The molecule has 0 radical (unpaired) electrons. The van der Waals surface area contributed by atoms with E-state index in [-0.39, 0.29) is 0 Å². The Kier molecular flexibility index (Phi) is 25.1. The van der Waals surface area contributed by atoms with Crippen molar-refractivity contribution in [2.45, 2.75) is 148 Å². The second-order valence-corrected chi connectivity index (χ2v) is 8.90. The van der Waals surface area contributed by atoms with Crippen molar-refractivity contribution in [2.75, 3.05) is 0 Å². The van der Waals surface area contributed by atoms with E-state index in [9.17, 15) is 4.79 Å². The van der Waals surface area contributed by atoms with Crippen LogP contribution in [0, 0.1) is 0 Å². The summed E-state index contributed by atoms with van der Waals surface area (Å²) < 4.78 is 0. The Balaban J connectivity index is 3.14. The first-order valence-electron chi connectivity index (χ1n) is 13.3. The second kappa shape index (κ2) is 26.0. The molecule has 0 amide bonds. The SMILES string of the molecule is CCCCCCCC/C=C\CCCCCCC/C=C\CCCCCCCCC(=O)O.